The van der Waals surface area contributed by atoms with Crippen molar-refractivity contribution in [3.8, 4) is 0 Å². The molecule has 3 amide bonds. The van der Waals surface area contributed by atoms with Crippen molar-refractivity contribution in [2.45, 2.75) is 88.9 Å². The molecule has 0 spiro atoms. The third-order valence-corrected chi connectivity index (χ3v) is 7.11. The molecule has 0 radical (unpaired) electrons. The van der Waals surface area contributed by atoms with E-state index in [1.807, 2.05) is 0 Å². The number of alkyl halides is 2. The number of cyclic esters (lactones) is 1. The largest absolute Gasteiger partial charge is 0.462 e. The highest BCUT2D eigenvalue weighted by atomic mass is 19.3. The maximum Gasteiger partial charge on any atom is 0.411 e. The molecule has 5 atom stereocenters. The Morgan fingerprint density at radius 2 is 2.03 bits per heavy atom. The zero-order valence-corrected chi connectivity index (χ0v) is 20.3. The fourth-order valence-corrected chi connectivity index (χ4v) is 5.54. The first-order valence-corrected chi connectivity index (χ1v) is 12.2. The Morgan fingerprint density at radius 3 is 2.60 bits per heavy atom. The average Bonchev–Trinajstić information content (AvgIpc) is 3.33. The molecule has 0 unspecified atom stereocenters. The standard InChI is InChI=1S/C24H33F2N3O6/c1-23(2,3)35-22(33)29-16-4-5-17(24(25,26)12-16)18(29)20(31)28-15(10-13-6-8-27-19(13)30)11-14-7-9-34-21(14)32/h11,13,15-18H,4-10,12H2,1-3H3,(H,27,30)(H,28,31)/b14-11+/t13-,15-,16-,17-,18-/m0/s1. The van der Waals surface area contributed by atoms with Gasteiger partial charge in [-0.15, -0.1) is 0 Å². The van der Waals surface area contributed by atoms with Gasteiger partial charge in [0.2, 0.25) is 11.8 Å². The van der Waals surface area contributed by atoms with E-state index < -0.39 is 60.0 Å². The molecule has 9 nitrogen and oxygen atoms in total. The van der Waals surface area contributed by atoms with Crippen molar-refractivity contribution >= 4 is 23.9 Å². The Hall–Kier alpha value is -2.72. The highest BCUT2D eigenvalue weighted by Crippen LogP contribution is 2.49. The molecule has 194 valence electrons. The minimum Gasteiger partial charge on any atom is -0.462 e. The first kappa shape index (κ1) is 25.4. The third-order valence-electron chi connectivity index (χ3n) is 7.11. The molecule has 5 fully saturated rings. The van der Waals surface area contributed by atoms with Crippen molar-refractivity contribution in [1.82, 2.24) is 15.5 Å². The summed E-state index contributed by atoms with van der Waals surface area (Å²) in [5.41, 5.74) is -0.489. The molecule has 4 saturated heterocycles. The van der Waals surface area contributed by atoms with Crippen molar-refractivity contribution in [3.05, 3.63) is 11.6 Å². The van der Waals surface area contributed by atoms with Gasteiger partial charge in [-0.25, -0.2) is 18.4 Å². The van der Waals surface area contributed by atoms with Gasteiger partial charge in [-0.1, -0.05) is 6.08 Å². The number of nitrogens with zero attached hydrogens (tertiary/aromatic N) is 1. The van der Waals surface area contributed by atoms with Crippen LogP contribution in [0.4, 0.5) is 13.6 Å². The average molecular weight is 498 g/mol. The van der Waals surface area contributed by atoms with Gasteiger partial charge in [0.15, 0.2) is 0 Å². The fraction of sp³-hybridized carbons (Fsp3) is 0.750. The first-order chi connectivity index (χ1) is 16.4. The molecule has 35 heavy (non-hydrogen) atoms. The van der Waals surface area contributed by atoms with Gasteiger partial charge in [0.05, 0.1) is 12.5 Å². The Morgan fingerprint density at radius 1 is 1.29 bits per heavy atom. The van der Waals surface area contributed by atoms with Gasteiger partial charge in [0, 0.05) is 43.0 Å². The topological polar surface area (TPSA) is 114 Å². The van der Waals surface area contributed by atoms with Crippen molar-refractivity contribution in [2.24, 2.45) is 11.8 Å². The Bertz CT molecular complexity index is 931. The van der Waals surface area contributed by atoms with Crippen molar-refractivity contribution < 1.29 is 37.4 Å². The monoisotopic (exact) mass is 497 g/mol. The van der Waals surface area contributed by atoms with Crippen LogP contribution in [0.25, 0.3) is 0 Å². The third kappa shape index (κ3) is 5.43. The van der Waals surface area contributed by atoms with E-state index in [0.29, 0.717) is 31.4 Å². The van der Waals surface area contributed by atoms with Crippen LogP contribution < -0.4 is 10.6 Å². The minimum atomic E-state index is -3.10. The summed E-state index contributed by atoms with van der Waals surface area (Å²) in [7, 11) is 0. The summed E-state index contributed by atoms with van der Waals surface area (Å²) in [6.45, 7) is 5.75. The zero-order chi connectivity index (χ0) is 25.5. The second kappa shape index (κ2) is 9.39. The molecule has 0 aromatic heterocycles. The highest BCUT2D eigenvalue weighted by Gasteiger charge is 2.61. The van der Waals surface area contributed by atoms with E-state index in [4.69, 9.17) is 9.47 Å². The molecule has 11 heteroatoms. The number of nitrogens with one attached hydrogen (secondary N) is 2. The lowest BCUT2D eigenvalue weighted by molar-refractivity contribution is -0.184. The number of ether oxygens (including phenoxy) is 2. The Labute approximate surface area is 202 Å². The van der Waals surface area contributed by atoms with Crippen LogP contribution in [-0.4, -0.2) is 71.6 Å². The lowest BCUT2D eigenvalue weighted by Crippen LogP contribution is -2.69. The lowest BCUT2D eigenvalue weighted by Gasteiger charge is -2.53. The molecule has 4 heterocycles. The van der Waals surface area contributed by atoms with Crippen LogP contribution in [0.1, 0.15) is 59.3 Å². The van der Waals surface area contributed by atoms with Gasteiger partial charge >= 0.3 is 12.1 Å². The number of carbonyl (C=O) groups is 4. The van der Waals surface area contributed by atoms with Gasteiger partial charge in [-0.05, 0) is 46.5 Å². The molecule has 1 aliphatic carbocycles. The van der Waals surface area contributed by atoms with Crippen LogP contribution in [0.2, 0.25) is 0 Å². The number of halogens is 2. The summed E-state index contributed by atoms with van der Waals surface area (Å²) in [5, 5.41) is 5.50. The number of fused-ring (bicyclic) bond motifs is 3. The van der Waals surface area contributed by atoms with E-state index in [1.165, 1.54) is 4.90 Å². The van der Waals surface area contributed by atoms with Crippen LogP contribution >= 0.6 is 0 Å². The Kier molecular flexibility index (Phi) is 6.80. The summed E-state index contributed by atoms with van der Waals surface area (Å²) < 4.78 is 40.2. The van der Waals surface area contributed by atoms with E-state index in [2.05, 4.69) is 10.6 Å². The van der Waals surface area contributed by atoms with E-state index in [1.54, 1.807) is 26.8 Å². The summed E-state index contributed by atoms with van der Waals surface area (Å²) in [5.74, 6) is -6.23. The normalized spacial score (nSPS) is 31.8. The smallest absolute Gasteiger partial charge is 0.411 e. The molecule has 1 saturated carbocycles. The molecule has 5 rings (SSSR count). The van der Waals surface area contributed by atoms with Crippen LogP contribution in [0.3, 0.4) is 0 Å². The van der Waals surface area contributed by atoms with Gasteiger partial charge in [0.25, 0.3) is 5.92 Å². The van der Waals surface area contributed by atoms with Gasteiger partial charge < -0.3 is 20.1 Å². The summed E-state index contributed by atoms with van der Waals surface area (Å²) in [6, 6.07) is -2.99. The second-order valence-corrected chi connectivity index (χ2v) is 10.8. The second-order valence-electron chi connectivity index (χ2n) is 10.8. The Balaban J connectivity index is 1.60. The van der Waals surface area contributed by atoms with E-state index in [9.17, 15) is 28.0 Å². The highest BCUT2D eigenvalue weighted by molar-refractivity contribution is 5.91. The lowest BCUT2D eigenvalue weighted by atomic mass is 9.71. The number of esters is 1. The number of piperidine rings is 2. The van der Waals surface area contributed by atoms with Gasteiger partial charge in [0.1, 0.15) is 11.6 Å². The fourth-order valence-electron chi connectivity index (χ4n) is 5.54. The number of hydrogen-bond donors (Lipinski definition) is 2. The number of hydrogen-bond acceptors (Lipinski definition) is 6. The van der Waals surface area contributed by atoms with Crippen LogP contribution in [0.15, 0.2) is 11.6 Å². The van der Waals surface area contributed by atoms with Crippen LogP contribution in [-0.2, 0) is 23.9 Å². The predicted octanol–water partition coefficient (Wildman–Crippen LogP) is 2.29. The van der Waals surface area contributed by atoms with E-state index >= 15 is 0 Å². The van der Waals surface area contributed by atoms with Crippen molar-refractivity contribution in [2.75, 3.05) is 13.2 Å². The predicted molar refractivity (Wildman–Crippen MR) is 119 cm³/mol. The minimum absolute atomic E-state index is 0.109. The van der Waals surface area contributed by atoms with Crippen LogP contribution in [0.5, 0.6) is 0 Å². The SMILES string of the molecule is CC(C)(C)OC(=O)N1[C@H]2CC[C@@H]([C@H]1C(=O)N[C@H](/C=C1\CCOC1=O)C[C@@H]1CCNC1=O)C(F)(F)C2. The molecular formula is C24H33F2N3O6. The maximum absolute atomic E-state index is 14.9. The van der Waals surface area contributed by atoms with Crippen molar-refractivity contribution in [1.29, 1.82) is 0 Å². The number of carbonyl (C=O) groups excluding carboxylic acids is 4. The first-order valence-electron chi connectivity index (χ1n) is 12.2. The molecular weight excluding hydrogens is 464 g/mol. The maximum atomic E-state index is 14.9. The number of rotatable bonds is 5. The van der Waals surface area contributed by atoms with Gasteiger partial charge in [-0.2, -0.15) is 0 Å². The van der Waals surface area contributed by atoms with Crippen molar-refractivity contribution in [3.63, 3.8) is 0 Å². The summed E-state index contributed by atoms with van der Waals surface area (Å²) in [6.07, 6.45) is 1.85. The van der Waals surface area contributed by atoms with E-state index in [-0.39, 0.29) is 31.3 Å². The zero-order valence-electron chi connectivity index (χ0n) is 20.3. The summed E-state index contributed by atoms with van der Waals surface area (Å²) >= 11 is 0. The molecule has 5 aliphatic rings. The molecule has 0 aromatic rings. The summed E-state index contributed by atoms with van der Waals surface area (Å²) in [4.78, 5) is 51.9. The quantitative estimate of drug-likeness (QED) is 0.445. The van der Waals surface area contributed by atoms with Gasteiger partial charge in [-0.3, -0.25) is 14.5 Å². The van der Waals surface area contributed by atoms with Crippen LogP contribution in [0, 0.1) is 11.8 Å². The molecule has 4 aliphatic heterocycles. The molecule has 0 aromatic carbocycles. The number of amides is 3. The molecule has 2 bridgehead atoms. The molecule has 2 N–H and O–H groups in total. The van der Waals surface area contributed by atoms with E-state index in [0.717, 1.165) is 0 Å².